The van der Waals surface area contributed by atoms with Crippen LogP contribution in [-0.4, -0.2) is 23.5 Å². The molecule has 65 valence electrons. The summed E-state index contributed by atoms with van der Waals surface area (Å²) in [4.78, 5) is 9.86. The van der Waals surface area contributed by atoms with Gasteiger partial charge < -0.3 is 10.8 Å². The first kappa shape index (κ1) is 10.6. The minimum atomic E-state index is -0.727. The first-order valence-electron chi connectivity index (χ1n) is 3.86. The molecule has 0 aliphatic heterocycles. The van der Waals surface area contributed by atoms with Gasteiger partial charge >= 0.3 is 0 Å². The van der Waals surface area contributed by atoms with Crippen LogP contribution in [0.15, 0.2) is 0 Å². The lowest BCUT2D eigenvalue weighted by atomic mass is 9.99. The third-order valence-corrected chi connectivity index (χ3v) is 1.53. The Morgan fingerprint density at radius 2 is 2.09 bits per heavy atom. The summed E-state index contributed by atoms with van der Waals surface area (Å²) >= 11 is 0. The fraction of sp³-hybridized carbons (Fsp3) is 0.875. The summed E-state index contributed by atoms with van der Waals surface area (Å²) in [6, 6.07) is -0.295. The summed E-state index contributed by atoms with van der Waals surface area (Å²) in [5.41, 5.74) is 5.58. The smallest absolute Gasteiger partial charge is 0.201 e. The van der Waals surface area contributed by atoms with Crippen molar-refractivity contribution in [2.75, 3.05) is 0 Å². The Morgan fingerprint density at radius 3 is 2.45 bits per heavy atom. The highest BCUT2D eigenvalue weighted by atomic mass is 16.3. The Hall–Kier alpha value is -0.410. The fourth-order valence-corrected chi connectivity index (χ4v) is 0.938. The molecule has 0 aliphatic carbocycles. The van der Waals surface area contributed by atoms with Crippen molar-refractivity contribution in [1.29, 1.82) is 0 Å². The van der Waals surface area contributed by atoms with Crippen molar-refractivity contribution in [2.24, 2.45) is 11.7 Å². The molecule has 3 heteroatoms. The van der Waals surface area contributed by atoms with Crippen LogP contribution >= 0.6 is 0 Å². The van der Waals surface area contributed by atoms with Crippen molar-refractivity contribution in [1.82, 2.24) is 0 Å². The standard InChI is InChI=1S/C8H16NO2/c1-6(2)5-7(9)8(11)3-4-10/h6-8,11H,3,5,9H2,1-2H3/t7-,8-/m0/s1. The van der Waals surface area contributed by atoms with Gasteiger partial charge in [-0.25, -0.2) is 0 Å². The van der Waals surface area contributed by atoms with Gasteiger partial charge in [0, 0.05) is 12.5 Å². The summed E-state index contributed by atoms with van der Waals surface area (Å²) in [5, 5.41) is 9.18. The molecule has 0 saturated carbocycles. The zero-order chi connectivity index (χ0) is 8.85. The zero-order valence-electron chi connectivity index (χ0n) is 7.08. The molecule has 0 amide bonds. The van der Waals surface area contributed by atoms with E-state index in [1.165, 1.54) is 0 Å². The van der Waals surface area contributed by atoms with Gasteiger partial charge in [-0.1, -0.05) is 13.8 Å². The van der Waals surface area contributed by atoms with Gasteiger partial charge in [-0.15, -0.1) is 0 Å². The topological polar surface area (TPSA) is 63.3 Å². The highest BCUT2D eigenvalue weighted by Gasteiger charge is 2.15. The van der Waals surface area contributed by atoms with Crippen LogP contribution in [0.2, 0.25) is 0 Å². The zero-order valence-corrected chi connectivity index (χ0v) is 7.08. The predicted molar refractivity (Wildman–Crippen MR) is 43.7 cm³/mol. The van der Waals surface area contributed by atoms with Crippen molar-refractivity contribution >= 4 is 6.29 Å². The normalized spacial score (nSPS) is 16.5. The van der Waals surface area contributed by atoms with Crippen molar-refractivity contribution in [3.63, 3.8) is 0 Å². The van der Waals surface area contributed by atoms with Crippen LogP contribution in [-0.2, 0) is 4.79 Å². The molecule has 1 radical (unpaired) electrons. The molecule has 0 aromatic carbocycles. The van der Waals surface area contributed by atoms with Gasteiger partial charge in [0.25, 0.3) is 0 Å². The van der Waals surface area contributed by atoms with E-state index in [1.807, 2.05) is 13.8 Å². The molecule has 0 unspecified atom stereocenters. The summed E-state index contributed by atoms with van der Waals surface area (Å²) in [6.45, 7) is 4.05. The molecule has 0 aromatic rings. The van der Waals surface area contributed by atoms with E-state index in [1.54, 1.807) is 6.29 Å². The van der Waals surface area contributed by atoms with Crippen LogP contribution in [0.25, 0.3) is 0 Å². The molecular formula is C8H16NO2. The second kappa shape index (κ2) is 5.27. The molecule has 0 spiro atoms. The third kappa shape index (κ3) is 4.93. The van der Waals surface area contributed by atoms with Gasteiger partial charge in [-0.05, 0) is 12.3 Å². The monoisotopic (exact) mass is 158 g/mol. The maximum atomic E-state index is 9.86. The minimum absolute atomic E-state index is 0.0217. The molecule has 0 aliphatic rings. The Morgan fingerprint density at radius 1 is 1.55 bits per heavy atom. The van der Waals surface area contributed by atoms with E-state index < -0.39 is 6.10 Å². The Balaban J connectivity index is 3.62. The van der Waals surface area contributed by atoms with Crippen molar-refractivity contribution in [3.8, 4) is 0 Å². The van der Waals surface area contributed by atoms with Gasteiger partial charge in [0.15, 0.2) is 0 Å². The molecule has 0 rings (SSSR count). The molecule has 0 aromatic heterocycles. The van der Waals surface area contributed by atoms with E-state index in [0.29, 0.717) is 5.92 Å². The first-order valence-corrected chi connectivity index (χ1v) is 3.86. The third-order valence-electron chi connectivity index (χ3n) is 1.53. The van der Waals surface area contributed by atoms with Gasteiger partial charge in [0.1, 0.15) is 0 Å². The Kier molecular flexibility index (Phi) is 5.07. The average Bonchev–Trinajstić information content (AvgIpc) is 1.86. The van der Waals surface area contributed by atoms with E-state index in [2.05, 4.69) is 0 Å². The molecule has 0 fully saturated rings. The van der Waals surface area contributed by atoms with Crippen LogP contribution in [0.3, 0.4) is 0 Å². The maximum absolute atomic E-state index is 9.86. The molecular weight excluding hydrogens is 142 g/mol. The second-order valence-electron chi connectivity index (χ2n) is 3.21. The summed E-state index contributed by atoms with van der Waals surface area (Å²) in [7, 11) is 0. The summed E-state index contributed by atoms with van der Waals surface area (Å²) < 4.78 is 0. The second-order valence-corrected chi connectivity index (χ2v) is 3.21. The largest absolute Gasteiger partial charge is 0.391 e. The number of aliphatic hydroxyl groups is 1. The number of nitrogens with two attached hydrogens (primary N) is 1. The van der Waals surface area contributed by atoms with Crippen LogP contribution < -0.4 is 5.73 Å². The predicted octanol–water partition coefficient (Wildman–Crippen LogP) is 0.220. The lowest BCUT2D eigenvalue weighted by molar-refractivity contribution is 0.140. The number of hydrogen-bond acceptors (Lipinski definition) is 3. The quantitative estimate of drug-likeness (QED) is 0.601. The van der Waals surface area contributed by atoms with Gasteiger partial charge in [0.05, 0.1) is 6.10 Å². The van der Waals surface area contributed by atoms with E-state index >= 15 is 0 Å². The summed E-state index contributed by atoms with van der Waals surface area (Å²) in [5.74, 6) is 0.450. The average molecular weight is 158 g/mol. The molecule has 3 nitrogen and oxygen atoms in total. The van der Waals surface area contributed by atoms with E-state index in [0.717, 1.165) is 6.42 Å². The van der Waals surface area contributed by atoms with Crippen molar-refractivity contribution in [3.05, 3.63) is 0 Å². The van der Waals surface area contributed by atoms with Gasteiger partial charge in [-0.2, -0.15) is 0 Å². The Bertz CT molecular complexity index is 115. The van der Waals surface area contributed by atoms with Crippen molar-refractivity contribution < 1.29 is 9.90 Å². The lowest BCUT2D eigenvalue weighted by Crippen LogP contribution is -2.35. The lowest BCUT2D eigenvalue weighted by Gasteiger charge is -2.17. The minimum Gasteiger partial charge on any atom is -0.391 e. The van der Waals surface area contributed by atoms with Crippen LogP contribution in [0, 0.1) is 5.92 Å². The van der Waals surface area contributed by atoms with E-state index in [-0.39, 0.29) is 12.5 Å². The molecule has 2 atom stereocenters. The van der Waals surface area contributed by atoms with E-state index in [4.69, 9.17) is 5.73 Å². The molecule has 0 saturated heterocycles. The number of carbonyl (C=O) groups excluding carboxylic acids is 1. The van der Waals surface area contributed by atoms with Crippen LogP contribution in [0.4, 0.5) is 0 Å². The SMILES string of the molecule is CC(C)C[C@H](N)[C@@H](O)C[C]=O. The summed E-state index contributed by atoms with van der Waals surface area (Å²) in [6.07, 6.45) is 1.68. The fourth-order valence-electron chi connectivity index (χ4n) is 0.938. The first-order chi connectivity index (χ1) is 5.07. The highest BCUT2D eigenvalue weighted by Crippen LogP contribution is 2.07. The molecule has 0 bridgehead atoms. The maximum Gasteiger partial charge on any atom is 0.201 e. The number of rotatable bonds is 5. The van der Waals surface area contributed by atoms with Gasteiger partial charge in [0.2, 0.25) is 6.29 Å². The number of aliphatic hydroxyl groups excluding tert-OH is 1. The van der Waals surface area contributed by atoms with Crippen molar-refractivity contribution in [2.45, 2.75) is 38.8 Å². The highest BCUT2D eigenvalue weighted by molar-refractivity contribution is 5.51. The van der Waals surface area contributed by atoms with Gasteiger partial charge in [-0.3, -0.25) is 4.79 Å². The molecule has 0 heterocycles. The van der Waals surface area contributed by atoms with Crippen LogP contribution in [0.1, 0.15) is 26.7 Å². The van der Waals surface area contributed by atoms with E-state index in [9.17, 15) is 9.90 Å². The number of hydrogen-bond donors (Lipinski definition) is 2. The van der Waals surface area contributed by atoms with Crippen LogP contribution in [0.5, 0.6) is 0 Å². The molecule has 11 heavy (non-hydrogen) atoms. The Labute approximate surface area is 67.6 Å². The molecule has 3 N–H and O–H groups in total.